The summed E-state index contributed by atoms with van der Waals surface area (Å²) in [6, 6.07) is 12.8. The average Bonchev–Trinajstić information content (AvgIpc) is 3.12. The van der Waals surface area contributed by atoms with E-state index in [0.717, 1.165) is 16.9 Å². The minimum absolute atomic E-state index is 0.0164. The van der Waals surface area contributed by atoms with Crippen LogP contribution >= 0.6 is 11.8 Å². The van der Waals surface area contributed by atoms with Crippen LogP contribution in [0.3, 0.4) is 0 Å². The summed E-state index contributed by atoms with van der Waals surface area (Å²) >= 11 is 1.29. The summed E-state index contributed by atoms with van der Waals surface area (Å²) in [5, 5.41) is 11.9. The second-order valence-electron chi connectivity index (χ2n) is 7.38. The number of allylic oxidation sites excluding steroid dienone is 1. The van der Waals surface area contributed by atoms with Gasteiger partial charge >= 0.3 is 0 Å². The molecule has 0 aliphatic heterocycles. The number of Topliss-reactive ketones (excluding diaryl/α,β-unsaturated/α-hetero) is 1. The molecule has 7 nitrogen and oxygen atoms in total. The summed E-state index contributed by atoms with van der Waals surface area (Å²) < 4.78 is 7.80. The fourth-order valence-electron chi connectivity index (χ4n) is 3.12. The maximum Gasteiger partial charge on any atom is 0.234 e. The monoisotopic (exact) mass is 450 g/mol. The maximum absolute atomic E-state index is 12.4. The van der Waals surface area contributed by atoms with E-state index in [4.69, 9.17) is 4.74 Å². The van der Waals surface area contributed by atoms with Crippen molar-refractivity contribution in [3.05, 3.63) is 77.6 Å². The third-order valence-corrected chi connectivity index (χ3v) is 5.54. The lowest BCUT2D eigenvalue weighted by Crippen LogP contribution is -2.15. The number of nitrogens with zero attached hydrogens (tertiary/aromatic N) is 3. The second-order valence-corrected chi connectivity index (χ2v) is 8.32. The molecule has 1 amide bonds. The first-order valence-electron chi connectivity index (χ1n) is 10.1. The number of carbonyl (C=O) groups is 2. The first-order valence-corrected chi connectivity index (χ1v) is 11.1. The molecule has 0 aliphatic rings. The van der Waals surface area contributed by atoms with Crippen LogP contribution in [-0.2, 0) is 17.9 Å². The molecule has 32 heavy (non-hydrogen) atoms. The highest BCUT2D eigenvalue weighted by molar-refractivity contribution is 7.99. The number of amides is 1. The standard InChI is InChI=1S/C24H26N4O3S/c1-5-10-28-22(14-31-21-12-16(2)11-17(3)13-21)26-27-24(28)32-15-23(30)25-20-8-6-19(7-9-20)18(4)29/h5-9,11-13H,1,10,14-15H2,2-4H3,(H,25,30). The van der Waals surface area contributed by atoms with E-state index in [0.29, 0.717) is 28.8 Å². The molecule has 0 atom stereocenters. The molecule has 2 aromatic carbocycles. The van der Waals surface area contributed by atoms with Crippen LogP contribution in [0.4, 0.5) is 5.69 Å². The van der Waals surface area contributed by atoms with E-state index in [1.54, 1.807) is 30.3 Å². The molecule has 3 aromatic rings. The van der Waals surface area contributed by atoms with Crippen molar-refractivity contribution in [2.75, 3.05) is 11.1 Å². The summed E-state index contributed by atoms with van der Waals surface area (Å²) in [7, 11) is 0. The van der Waals surface area contributed by atoms with Gasteiger partial charge in [0.25, 0.3) is 0 Å². The number of thioether (sulfide) groups is 1. The van der Waals surface area contributed by atoms with E-state index in [1.165, 1.54) is 18.7 Å². The van der Waals surface area contributed by atoms with Crippen LogP contribution in [0.2, 0.25) is 0 Å². The molecule has 0 unspecified atom stereocenters. The number of anilines is 1. The molecule has 0 radical (unpaired) electrons. The number of hydrogen-bond donors (Lipinski definition) is 1. The summed E-state index contributed by atoms with van der Waals surface area (Å²) in [6.45, 7) is 10.1. The van der Waals surface area contributed by atoms with Gasteiger partial charge < -0.3 is 10.1 Å². The Morgan fingerprint density at radius 3 is 2.44 bits per heavy atom. The lowest BCUT2D eigenvalue weighted by atomic mass is 10.1. The van der Waals surface area contributed by atoms with Crippen molar-refractivity contribution in [2.24, 2.45) is 0 Å². The van der Waals surface area contributed by atoms with Gasteiger partial charge in [-0.15, -0.1) is 16.8 Å². The number of hydrogen-bond acceptors (Lipinski definition) is 6. The highest BCUT2D eigenvalue weighted by Crippen LogP contribution is 2.21. The lowest BCUT2D eigenvalue weighted by Gasteiger charge is -2.10. The van der Waals surface area contributed by atoms with Crippen molar-refractivity contribution in [3.63, 3.8) is 0 Å². The molecule has 0 saturated carbocycles. The van der Waals surface area contributed by atoms with E-state index < -0.39 is 0 Å². The first-order chi connectivity index (χ1) is 15.4. The number of ether oxygens (including phenoxy) is 1. The van der Waals surface area contributed by atoms with Crippen molar-refractivity contribution in [3.8, 4) is 5.75 Å². The number of rotatable bonds is 10. The number of aryl methyl sites for hydroxylation is 2. The molecule has 1 aromatic heterocycles. The third kappa shape index (κ3) is 6.31. The predicted octanol–water partition coefficient (Wildman–Crippen LogP) is 4.59. The summed E-state index contributed by atoms with van der Waals surface area (Å²) in [5.74, 6) is 1.41. The number of ketones is 1. The highest BCUT2D eigenvalue weighted by Gasteiger charge is 2.14. The molecule has 0 aliphatic carbocycles. The SMILES string of the molecule is C=CCn1c(COc2cc(C)cc(C)c2)nnc1SCC(=O)Nc1ccc(C(C)=O)cc1. The summed E-state index contributed by atoms with van der Waals surface area (Å²) in [4.78, 5) is 23.7. The Hall–Kier alpha value is -3.39. The van der Waals surface area contributed by atoms with E-state index in [9.17, 15) is 9.59 Å². The van der Waals surface area contributed by atoms with Gasteiger partial charge in [-0.2, -0.15) is 0 Å². The molecule has 1 heterocycles. The van der Waals surface area contributed by atoms with Crippen molar-refractivity contribution < 1.29 is 14.3 Å². The first kappa shape index (κ1) is 23.3. The van der Waals surface area contributed by atoms with Gasteiger partial charge in [-0.25, -0.2) is 0 Å². The molecule has 1 N–H and O–H groups in total. The molecule has 3 rings (SSSR count). The fraction of sp³-hybridized carbons (Fsp3) is 0.250. The molecular weight excluding hydrogens is 424 g/mol. The van der Waals surface area contributed by atoms with E-state index in [-0.39, 0.29) is 24.1 Å². The number of carbonyl (C=O) groups excluding carboxylic acids is 2. The Morgan fingerprint density at radius 2 is 1.81 bits per heavy atom. The molecule has 0 spiro atoms. The Labute approximate surface area is 191 Å². The van der Waals surface area contributed by atoms with Crippen LogP contribution in [0.5, 0.6) is 5.75 Å². The minimum Gasteiger partial charge on any atom is -0.486 e. The van der Waals surface area contributed by atoms with Crippen LogP contribution in [0, 0.1) is 13.8 Å². The largest absolute Gasteiger partial charge is 0.486 e. The van der Waals surface area contributed by atoms with Gasteiger partial charge in [-0.05, 0) is 68.3 Å². The lowest BCUT2D eigenvalue weighted by molar-refractivity contribution is -0.113. The zero-order valence-electron chi connectivity index (χ0n) is 18.4. The van der Waals surface area contributed by atoms with Crippen LogP contribution in [0.15, 0.2) is 60.3 Å². The van der Waals surface area contributed by atoms with Gasteiger partial charge in [0, 0.05) is 17.8 Å². The third-order valence-electron chi connectivity index (χ3n) is 4.58. The van der Waals surface area contributed by atoms with E-state index in [1.807, 2.05) is 30.5 Å². The van der Waals surface area contributed by atoms with Crippen molar-refractivity contribution in [2.45, 2.75) is 39.1 Å². The average molecular weight is 451 g/mol. The summed E-state index contributed by atoms with van der Waals surface area (Å²) in [5.41, 5.74) is 3.50. The fourth-order valence-corrected chi connectivity index (χ4v) is 3.89. The van der Waals surface area contributed by atoms with Gasteiger partial charge in [-0.3, -0.25) is 14.2 Å². The Bertz CT molecular complexity index is 1100. The van der Waals surface area contributed by atoms with Crippen LogP contribution in [0.25, 0.3) is 0 Å². The van der Waals surface area contributed by atoms with E-state index >= 15 is 0 Å². The Kier molecular flexibility index (Phi) is 7.83. The number of aromatic nitrogens is 3. The maximum atomic E-state index is 12.4. The predicted molar refractivity (Wildman–Crippen MR) is 126 cm³/mol. The molecular formula is C24H26N4O3S. The van der Waals surface area contributed by atoms with Crippen LogP contribution < -0.4 is 10.1 Å². The van der Waals surface area contributed by atoms with E-state index in [2.05, 4.69) is 28.2 Å². The Balaban J connectivity index is 1.61. The number of benzene rings is 2. The highest BCUT2D eigenvalue weighted by atomic mass is 32.2. The molecule has 166 valence electrons. The van der Waals surface area contributed by atoms with Crippen molar-refractivity contribution in [1.29, 1.82) is 0 Å². The molecule has 0 saturated heterocycles. The van der Waals surface area contributed by atoms with Gasteiger partial charge in [0.05, 0.1) is 5.75 Å². The molecule has 8 heteroatoms. The van der Waals surface area contributed by atoms with Crippen LogP contribution in [-0.4, -0.2) is 32.2 Å². The topological polar surface area (TPSA) is 86.1 Å². The number of nitrogens with one attached hydrogen (secondary N) is 1. The van der Waals surface area contributed by atoms with Gasteiger partial charge in [0.2, 0.25) is 5.91 Å². The smallest absolute Gasteiger partial charge is 0.234 e. The molecule has 0 fully saturated rings. The normalized spacial score (nSPS) is 10.6. The zero-order valence-corrected chi connectivity index (χ0v) is 19.2. The van der Waals surface area contributed by atoms with Crippen molar-refractivity contribution >= 4 is 29.1 Å². The Morgan fingerprint density at radius 1 is 1.12 bits per heavy atom. The van der Waals surface area contributed by atoms with Gasteiger partial charge in [0.15, 0.2) is 16.8 Å². The van der Waals surface area contributed by atoms with Crippen LogP contribution in [0.1, 0.15) is 34.2 Å². The van der Waals surface area contributed by atoms with Crippen molar-refractivity contribution in [1.82, 2.24) is 14.8 Å². The minimum atomic E-state index is -0.174. The zero-order chi connectivity index (χ0) is 23.1. The second kappa shape index (κ2) is 10.8. The summed E-state index contributed by atoms with van der Waals surface area (Å²) in [6.07, 6.45) is 1.75. The van der Waals surface area contributed by atoms with Gasteiger partial charge in [-0.1, -0.05) is 23.9 Å². The quantitative estimate of drug-likeness (QED) is 0.276. The van der Waals surface area contributed by atoms with Gasteiger partial charge in [0.1, 0.15) is 12.4 Å². The molecule has 0 bridgehead atoms.